The first kappa shape index (κ1) is 12.9. The third-order valence-electron chi connectivity index (χ3n) is 5.16. The molecule has 3 fully saturated rings. The molecule has 0 amide bonds. The van der Waals surface area contributed by atoms with Crippen molar-refractivity contribution in [1.29, 1.82) is 0 Å². The van der Waals surface area contributed by atoms with Crippen molar-refractivity contribution in [2.45, 2.75) is 57.8 Å². The van der Waals surface area contributed by atoms with E-state index in [1.54, 1.807) is 0 Å². The minimum absolute atomic E-state index is 0.226. The third kappa shape index (κ3) is 2.59. The largest absolute Gasteiger partial charge is 0.347 e. The highest BCUT2D eigenvalue weighted by atomic mass is 16.7. The van der Waals surface area contributed by atoms with Gasteiger partial charge in [0.05, 0.1) is 12.7 Å². The Hall–Kier alpha value is -0.120. The molecule has 2 saturated heterocycles. The van der Waals surface area contributed by atoms with E-state index < -0.39 is 0 Å². The Labute approximate surface area is 111 Å². The van der Waals surface area contributed by atoms with E-state index in [0.29, 0.717) is 6.10 Å². The van der Waals surface area contributed by atoms with Crippen LogP contribution < -0.4 is 0 Å². The van der Waals surface area contributed by atoms with Crippen molar-refractivity contribution >= 4 is 0 Å². The number of likely N-dealkylation sites (tertiary alicyclic amines) is 1. The number of nitrogens with zero attached hydrogens (tertiary/aromatic N) is 1. The Morgan fingerprint density at radius 1 is 1.17 bits per heavy atom. The van der Waals surface area contributed by atoms with E-state index in [-0.39, 0.29) is 5.79 Å². The zero-order chi connectivity index (χ0) is 12.6. The van der Waals surface area contributed by atoms with Gasteiger partial charge in [0, 0.05) is 19.4 Å². The predicted molar refractivity (Wildman–Crippen MR) is 71.4 cm³/mol. The molecule has 2 aliphatic heterocycles. The van der Waals surface area contributed by atoms with Gasteiger partial charge in [-0.05, 0) is 44.2 Å². The Kier molecular flexibility index (Phi) is 3.65. The summed E-state index contributed by atoms with van der Waals surface area (Å²) in [6, 6.07) is 0. The Morgan fingerprint density at radius 3 is 2.67 bits per heavy atom. The highest BCUT2D eigenvalue weighted by Crippen LogP contribution is 2.42. The molecule has 4 atom stereocenters. The van der Waals surface area contributed by atoms with Crippen molar-refractivity contribution in [3.8, 4) is 0 Å². The van der Waals surface area contributed by atoms with E-state index in [1.165, 1.54) is 32.4 Å². The van der Waals surface area contributed by atoms with Gasteiger partial charge in [-0.25, -0.2) is 0 Å². The molecule has 0 aromatic heterocycles. The molecule has 0 bridgehead atoms. The Balaban J connectivity index is 1.54. The fourth-order valence-corrected chi connectivity index (χ4v) is 3.72. The molecule has 1 spiro atoms. The second-order valence-corrected chi connectivity index (χ2v) is 6.67. The lowest BCUT2D eigenvalue weighted by atomic mass is 9.78. The zero-order valence-corrected chi connectivity index (χ0v) is 11.9. The zero-order valence-electron chi connectivity index (χ0n) is 11.9. The number of rotatable bonds is 2. The Bertz CT molecular complexity index is 290. The summed E-state index contributed by atoms with van der Waals surface area (Å²) in [5, 5.41) is 0. The molecule has 3 aliphatic rings. The van der Waals surface area contributed by atoms with Crippen LogP contribution in [0.2, 0.25) is 0 Å². The maximum Gasteiger partial charge on any atom is 0.169 e. The highest BCUT2D eigenvalue weighted by molar-refractivity contribution is 4.88. The number of hydrogen-bond acceptors (Lipinski definition) is 3. The fraction of sp³-hybridized carbons (Fsp3) is 1.00. The monoisotopic (exact) mass is 253 g/mol. The maximum atomic E-state index is 6.31. The lowest BCUT2D eigenvalue weighted by Gasteiger charge is -2.38. The molecule has 104 valence electrons. The topological polar surface area (TPSA) is 21.7 Å². The molecule has 18 heavy (non-hydrogen) atoms. The lowest BCUT2D eigenvalue weighted by molar-refractivity contribution is -0.202. The van der Waals surface area contributed by atoms with Crippen LogP contribution >= 0.6 is 0 Å². The predicted octanol–water partition coefficient (Wildman–Crippen LogP) is 2.65. The molecule has 1 aliphatic carbocycles. The molecule has 3 rings (SSSR count). The smallest absolute Gasteiger partial charge is 0.169 e. The maximum absolute atomic E-state index is 6.31. The van der Waals surface area contributed by atoms with E-state index in [2.05, 4.69) is 18.7 Å². The van der Waals surface area contributed by atoms with Crippen molar-refractivity contribution in [3.05, 3.63) is 0 Å². The highest BCUT2D eigenvalue weighted by Gasteiger charge is 2.46. The van der Waals surface area contributed by atoms with Crippen LogP contribution in [0.1, 0.15) is 46.0 Å². The molecule has 0 aromatic carbocycles. The molecule has 0 N–H and O–H groups in total. The van der Waals surface area contributed by atoms with Crippen LogP contribution in [0.4, 0.5) is 0 Å². The van der Waals surface area contributed by atoms with Gasteiger partial charge in [0.25, 0.3) is 0 Å². The van der Waals surface area contributed by atoms with Crippen LogP contribution in [0.15, 0.2) is 0 Å². The van der Waals surface area contributed by atoms with Crippen molar-refractivity contribution in [2.75, 3.05) is 26.2 Å². The summed E-state index contributed by atoms with van der Waals surface area (Å²) in [7, 11) is 0. The minimum Gasteiger partial charge on any atom is -0.347 e. The van der Waals surface area contributed by atoms with Crippen molar-refractivity contribution in [2.24, 2.45) is 11.8 Å². The van der Waals surface area contributed by atoms with Crippen LogP contribution in [-0.4, -0.2) is 43.0 Å². The molecular formula is C15H27NO2. The van der Waals surface area contributed by atoms with Gasteiger partial charge in [-0.2, -0.15) is 0 Å². The van der Waals surface area contributed by atoms with E-state index in [4.69, 9.17) is 9.47 Å². The second kappa shape index (κ2) is 5.10. The normalized spacial score (nSPS) is 46.0. The SMILES string of the molecule is CC1CCC2(CC1C)OCC(CN1CCCC1)O2. The first-order valence-corrected chi connectivity index (χ1v) is 7.71. The van der Waals surface area contributed by atoms with E-state index in [9.17, 15) is 0 Å². The quantitative estimate of drug-likeness (QED) is 0.755. The van der Waals surface area contributed by atoms with Crippen LogP contribution in [0.5, 0.6) is 0 Å². The molecule has 2 heterocycles. The van der Waals surface area contributed by atoms with Gasteiger partial charge in [0.15, 0.2) is 5.79 Å². The van der Waals surface area contributed by atoms with E-state index in [1.807, 2.05) is 0 Å². The van der Waals surface area contributed by atoms with Crippen molar-refractivity contribution in [1.82, 2.24) is 4.90 Å². The van der Waals surface area contributed by atoms with Crippen LogP contribution in [0.3, 0.4) is 0 Å². The first-order valence-electron chi connectivity index (χ1n) is 7.71. The van der Waals surface area contributed by atoms with E-state index >= 15 is 0 Å². The standard InChI is InChI=1S/C15H27NO2/c1-12-5-6-15(9-13(12)2)17-11-14(18-15)10-16-7-3-4-8-16/h12-14H,3-11H2,1-2H3. The second-order valence-electron chi connectivity index (χ2n) is 6.67. The van der Waals surface area contributed by atoms with Gasteiger partial charge in [0.1, 0.15) is 0 Å². The number of ether oxygens (including phenoxy) is 2. The van der Waals surface area contributed by atoms with Gasteiger partial charge < -0.3 is 14.4 Å². The summed E-state index contributed by atoms with van der Waals surface area (Å²) < 4.78 is 12.4. The minimum atomic E-state index is -0.226. The van der Waals surface area contributed by atoms with Crippen LogP contribution in [0.25, 0.3) is 0 Å². The van der Waals surface area contributed by atoms with Gasteiger partial charge >= 0.3 is 0 Å². The lowest BCUT2D eigenvalue weighted by Crippen LogP contribution is -2.40. The summed E-state index contributed by atoms with van der Waals surface area (Å²) in [6.07, 6.45) is 6.45. The Morgan fingerprint density at radius 2 is 1.94 bits per heavy atom. The molecule has 3 nitrogen and oxygen atoms in total. The molecule has 1 saturated carbocycles. The first-order chi connectivity index (χ1) is 8.67. The summed E-state index contributed by atoms with van der Waals surface area (Å²) in [4.78, 5) is 2.53. The van der Waals surface area contributed by atoms with Gasteiger partial charge in [-0.15, -0.1) is 0 Å². The molecule has 0 aromatic rings. The fourth-order valence-electron chi connectivity index (χ4n) is 3.72. The van der Waals surface area contributed by atoms with Crippen molar-refractivity contribution in [3.63, 3.8) is 0 Å². The average molecular weight is 253 g/mol. The van der Waals surface area contributed by atoms with Gasteiger partial charge in [-0.3, -0.25) is 0 Å². The third-order valence-corrected chi connectivity index (χ3v) is 5.16. The van der Waals surface area contributed by atoms with Crippen LogP contribution in [-0.2, 0) is 9.47 Å². The molecule has 3 heteroatoms. The summed E-state index contributed by atoms with van der Waals surface area (Å²) in [5.41, 5.74) is 0. The van der Waals surface area contributed by atoms with Crippen molar-refractivity contribution < 1.29 is 9.47 Å². The van der Waals surface area contributed by atoms with Crippen LogP contribution in [0, 0.1) is 11.8 Å². The summed E-state index contributed by atoms with van der Waals surface area (Å²) >= 11 is 0. The van der Waals surface area contributed by atoms with E-state index in [0.717, 1.165) is 37.8 Å². The molecule has 0 radical (unpaired) electrons. The summed E-state index contributed by atoms with van der Waals surface area (Å²) in [5.74, 6) is 1.32. The summed E-state index contributed by atoms with van der Waals surface area (Å²) in [6.45, 7) is 9.07. The van der Waals surface area contributed by atoms with Gasteiger partial charge in [-0.1, -0.05) is 13.8 Å². The van der Waals surface area contributed by atoms with Gasteiger partial charge in [0.2, 0.25) is 0 Å². The molecule has 4 unspecified atom stereocenters. The average Bonchev–Trinajstić information content (AvgIpc) is 2.96. The molecular weight excluding hydrogens is 226 g/mol. The number of hydrogen-bond donors (Lipinski definition) is 0.